The zero-order chi connectivity index (χ0) is 14.3. The van der Waals surface area contributed by atoms with E-state index in [4.69, 9.17) is 14.6 Å². The molecular weight excluding hydrogens is 246 g/mol. The molecule has 0 atom stereocenters. The Balaban J connectivity index is 3.05. The Hall–Kier alpha value is -1.75. The first-order chi connectivity index (χ1) is 9.17. The number of methoxy groups -OCH3 is 2. The second kappa shape index (κ2) is 7.63. The van der Waals surface area contributed by atoms with Crippen molar-refractivity contribution in [1.82, 2.24) is 5.32 Å². The van der Waals surface area contributed by atoms with Gasteiger partial charge in [-0.25, -0.2) is 0 Å². The van der Waals surface area contributed by atoms with E-state index in [2.05, 4.69) is 12.2 Å². The highest BCUT2D eigenvalue weighted by Gasteiger charge is 2.19. The SMILES string of the molecule is CCCCNC(=O)c1c(OC)cc(CO)cc1OC. The Morgan fingerprint density at radius 2 is 1.84 bits per heavy atom. The molecule has 1 rings (SSSR count). The third-order valence-electron chi connectivity index (χ3n) is 2.79. The van der Waals surface area contributed by atoms with Crippen LogP contribution in [0.5, 0.6) is 11.5 Å². The van der Waals surface area contributed by atoms with Gasteiger partial charge in [0.15, 0.2) is 0 Å². The van der Waals surface area contributed by atoms with Gasteiger partial charge in [-0.2, -0.15) is 0 Å². The van der Waals surface area contributed by atoms with Gasteiger partial charge in [-0.05, 0) is 24.1 Å². The van der Waals surface area contributed by atoms with Gasteiger partial charge < -0.3 is 19.9 Å². The summed E-state index contributed by atoms with van der Waals surface area (Å²) in [4.78, 5) is 12.1. The number of carbonyl (C=O) groups excluding carboxylic acids is 1. The van der Waals surface area contributed by atoms with Crippen molar-refractivity contribution in [3.63, 3.8) is 0 Å². The number of nitrogens with one attached hydrogen (secondary N) is 1. The zero-order valence-electron chi connectivity index (χ0n) is 11.7. The maximum Gasteiger partial charge on any atom is 0.258 e. The number of carbonyl (C=O) groups is 1. The maximum atomic E-state index is 12.1. The minimum atomic E-state index is -0.230. The van der Waals surface area contributed by atoms with E-state index >= 15 is 0 Å². The van der Waals surface area contributed by atoms with Crippen LogP contribution in [0.4, 0.5) is 0 Å². The van der Waals surface area contributed by atoms with Crippen molar-refractivity contribution in [2.75, 3.05) is 20.8 Å². The Labute approximate surface area is 113 Å². The van der Waals surface area contributed by atoms with Crippen LogP contribution in [0.15, 0.2) is 12.1 Å². The first-order valence-corrected chi connectivity index (χ1v) is 6.31. The summed E-state index contributed by atoms with van der Waals surface area (Å²) in [6.45, 7) is 2.54. The van der Waals surface area contributed by atoms with Crippen LogP contribution in [0.1, 0.15) is 35.7 Å². The lowest BCUT2D eigenvalue weighted by Gasteiger charge is -2.14. The Morgan fingerprint density at radius 3 is 2.26 bits per heavy atom. The molecule has 106 valence electrons. The lowest BCUT2D eigenvalue weighted by atomic mass is 10.1. The first-order valence-electron chi connectivity index (χ1n) is 6.31. The molecular formula is C14H21NO4. The van der Waals surface area contributed by atoms with Crippen molar-refractivity contribution in [2.45, 2.75) is 26.4 Å². The normalized spacial score (nSPS) is 10.1. The summed E-state index contributed by atoms with van der Waals surface area (Å²) in [5.41, 5.74) is 0.997. The van der Waals surface area contributed by atoms with Gasteiger partial charge in [0.1, 0.15) is 17.1 Å². The lowest BCUT2D eigenvalue weighted by Crippen LogP contribution is -2.25. The number of unbranched alkanes of at least 4 members (excludes halogenated alkanes) is 1. The summed E-state index contributed by atoms with van der Waals surface area (Å²) in [5, 5.41) is 12.0. The second-order valence-corrected chi connectivity index (χ2v) is 4.14. The van der Waals surface area contributed by atoms with Crippen LogP contribution in [0.2, 0.25) is 0 Å². The smallest absolute Gasteiger partial charge is 0.258 e. The average molecular weight is 267 g/mol. The number of ether oxygens (including phenoxy) is 2. The molecule has 0 unspecified atom stereocenters. The Kier molecular flexibility index (Phi) is 6.15. The van der Waals surface area contributed by atoms with Crippen LogP contribution in [0, 0.1) is 0 Å². The summed E-state index contributed by atoms with van der Waals surface area (Å²) in [7, 11) is 2.97. The summed E-state index contributed by atoms with van der Waals surface area (Å²) >= 11 is 0. The molecule has 1 aromatic rings. The molecule has 1 aromatic carbocycles. The van der Waals surface area contributed by atoms with Gasteiger partial charge in [0.2, 0.25) is 0 Å². The number of hydrogen-bond donors (Lipinski definition) is 2. The van der Waals surface area contributed by atoms with Crippen molar-refractivity contribution in [2.24, 2.45) is 0 Å². The van der Waals surface area contributed by atoms with Gasteiger partial charge in [-0.3, -0.25) is 4.79 Å². The van der Waals surface area contributed by atoms with Crippen molar-refractivity contribution in [3.8, 4) is 11.5 Å². The minimum Gasteiger partial charge on any atom is -0.496 e. The van der Waals surface area contributed by atoms with E-state index in [1.165, 1.54) is 14.2 Å². The topological polar surface area (TPSA) is 67.8 Å². The zero-order valence-corrected chi connectivity index (χ0v) is 11.7. The molecule has 5 nitrogen and oxygen atoms in total. The number of hydrogen-bond acceptors (Lipinski definition) is 4. The van der Waals surface area contributed by atoms with Crippen molar-refractivity contribution >= 4 is 5.91 Å². The maximum absolute atomic E-state index is 12.1. The molecule has 0 saturated carbocycles. The molecule has 0 heterocycles. The third-order valence-corrected chi connectivity index (χ3v) is 2.79. The number of aliphatic hydroxyl groups is 1. The lowest BCUT2D eigenvalue weighted by molar-refractivity contribution is 0.0946. The average Bonchev–Trinajstić information content (AvgIpc) is 2.45. The molecule has 0 aliphatic rings. The van der Waals surface area contributed by atoms with E-state index in [-0.39, 0.29) is 12.5 Å². The largest absolute Gasteiger partial charge is 0.496 e. The molecule has 0 aliphatic heterocycles. The standard InChI is InChI=1S/C14H21NO4/c1-4-5-6-15-14(17)13-11(18-2)7-10(9-16)8-12(13)19-3/h7-8,16H,4-6,9H2,1-3H3,(H,15,17). The van der Waals surface area contributed by atoms with Crippen LogP contribution >= 0.6 is 0 Å². The molecule has 0 fully saturated rings. The Bertz CT molecular complexity index is 406. The van der Waals surface area contributed by atoms with Crippen LogP contribution in [0.3, 0.4) is 0 Å². The van der Waals surface area contributed by atoms with E-state index in [0.29, 0.717) is 29.2 Å². The Morgan fingerprint density at radius 1 is 1.26 bits per heavy atom. The van der Waals surface area contributed by atoms with Gasteiger partial charge >= 0.3 is 0 Å². The van der Waals surface area contributed by atoms with Crippen molar-refractivity contribution in [1.29, 1.82) is 0 Å². The van der Waals surface area contributed by atoms with E-state index in [1.54, 1.807) is 12.1 Å². The van der Waals surface area contributed by atoms with E-state index < -0.39 is 0 Å². The summed E-state index contributed by atoms with van der Waals surface area (Å²) in [6, 6.07) is 3.27. The molecule has 0 radical (unpaired) electrons. The predicted octanol–water partition coefficient (Wildman–Crippen LogP) is 1.73. The number of rotatable bonds is 7. The molecule has 0 aromatic heterocycles. The fraction of sp³-hybridized carbons (Fsp3) is 0.500. The molecule has 2 N–H and O–H groups in total. The molecule has 0 spiro atoms. The minimum absolute atomic E-state index is 0.134. The first kappa shape index (κ1) is 15.3. The summed E-state index contributed by atoms with van der Waals surface area (Å²) < 4.78 is 10.4. The highest BCUT2D eigenvalue weighted by molar-refractivity contribution is 5.99. The molecule has 19 heavy (non-hydrogen) atoms. The third kappa shape index (κ3) is 3.86. The van der Waals surface area contributed by atoms with Crippen LogP contribution in [-0.2, 0) is 6.61 Å². The quantitative estimate of drug-likeness (QED) is 0.738. The van der Waals surface area contributed by atoms with E-state index in [1.807, 2.05) is 0 Å². The van der Waals surface area contributed by atoms with Gasteiger partial charge in [-0.1, -0.05) is 13.3 Å². The molecule has 5 heteroatoms. The van der Waals surface area contributed by atoms with Crippen molar-refractivity contribution < 1.29 is 19.4 Å². The molecule has 1 amide bonds. The van der Waals surface area contributed by atoms with Crippen LogP contribution < -0.4 is 14.8 Å². The molecule has 0 bridgehead atoms. The van der Waals surface area contributed by atoms with E-state index in [9.17, 15) is 4.79 Å². The summed E-state index contributed by atoms with van der Waals surface area (Å²) in [6.07, 6.45) is 1.93. The number of benzene rings is 1. The number of amides is 1. The van der Waals surface area contributed by atoms with Crippen LogP contribution in [-0.4, -0.2) is 31.8 Å². The van der Waals surface area contributed by atoms with Gasteiger partial charge in [0.25, 0.3) is 5.91 Å². The molecule has 0 saturated heterocycles. The fourth-order valence-electron chi connectivity index (χ4n) is 1.75. The summed E-state index contributed by atoms with van der Waals surface area (Å²) in [5.74, 6) is 0.571. The van der Waals surface area contributed by atoms with Gasteiger partial charge in [0, 0.05) is 6.54 Å². The monoisotopic (exact) mass is 267 g/mol. The number of aliphatic hydroxyl groups excluding tert-OH is 1. The highest BCUT2D eigenvalue weighted by Crippen LogP contribution is 2.30. The second-order valence-electron chi connectivity index (χ2n) is 4.14. The van der Waals surface area contributed by atoms with Crippen LogP contribution in [0.25, 0.3) is 0 Å². The highest BCUT2D eigenvalue weighted by atomic mass is 16.5. The van der Waals surface area contributed by atoms with Crippen molar-refractivity contribution in [3.05, 3.63) is 23.3 Å². The predicted molar refractivity (Wildman–Crippen MR) is 72.7 cm³/mol. The van der Waals surface area contributed by atoms with Gasteiger partial charge in [0.05, 0.1) is 20.8 Å². The van der Waals surface area contributed by atoms with E-state index in [0.717, 1.165) is 12.8 Å². The molecule has 0 aliphatic carbocycles. The fourth-order valence-corrected chi connectivity index (χ4v) is 1.75. The van der Waals surface area contributed by atoms with Gasteiger partial charge in [-0.15, -0.1) is 0 Å².